The van der Waals surface area contributed by atoms with Gasteiger partial charge < -0.3 is 10.8 Å². The van der Waals surface area contributed by atoms with E-state index in [1.807, 2.05) is 6.92 Å². The summed E-state index contributed by atoms with van der Waals surface area (Å²) in [7, 11) is 0. The minimum absolute atomic E-state index is 0.231. The fraction of sp³-hybridized carbons (Fsp3) is 0.600. The van der Waals surface area contributed by atoms with E-state index >= 15 is 0 Å². The van der Waals surface area contributed by atoms with E-state index < -0.39 is 0 Å². The Labute approximate surface area is 103 Å². The molecule has 92 valence electrons. The fourth-order valence-electron chi connectivity index (χ4n) is 3.39. The summed E-state index contributed by atoms with van der Waals surface area (Å²) in [6.07, 6.45) is 6.83. The lowest BCUT2D eigenvalue weighted by molar-refractivity contribution is 0.451. The van der Waals surface area contributed by atoms with Crippen LogP contribution in [0.2, 0.25) is 0 Å². The number of phenols is 1. The van der Waals surface area contributed by atoms with Crippen LogP contribution >= 0.6 is 0 Å². The first-order valence-corrected chi connectivity index (χ1v) is 6.68. The quantitative estimate of drug-likeness (QED) is 0.780. The number of rotatable bonds is 1. The SMILES string of the molecule is Cc1c(O)c(C2(N)CC2)c(C)c2c1CCCC2. The van der Waals surface area contributed by atoms with Crippen molar-refractivity contribution >= 4 is 0 Å². The molecule has 1 aromatic carbocycles. The molecule has 0 radical (unpaired) electrons. The number of fused-ring (bicyclic) bond motifs is 1. The van der Waals surface area contributed by atoms with Crippen LogP contribution in [-0.4, -0.2) is 5.11 Å². The van der Waals surface area contributed by atoms with Crippen molar-refractivity contribution in [1.29, 1.82) is 0 Å². The largest absolute Gasteiger partial charge is 0.507 e. The number of hydrogen-bond acceptors (Lipinski definition) is 2. The zero-order chi connectivity index (χ0) is 12.2. The molecule has 0 saturated heterocycles. The van der Waals surface area contributed by atoms with Crippen molar-refractivity contribution in [3.8, 4) is 5.75 Å². The van der Waals surface area contributed by atoms with Gasteiger partial charge in [-0.25, -0.2) is 0 Å². The van der Waals surface area contributed by atoms with Gasteiger partial charge in [0.15, 0.2) is 0 Å². The van der Waals surface area contributed by atoms with Crippen molar-refractivity contribution < 1.29 is 5.11 Å². The van der Waals surface area contributed by atoms with Crippen LogP contribution in [0.1, 0.15) is 53.5 Å². The van der Waals surface area contributed by atoms with Gasteiger partial charge in [0.2, 0.25) is 0 Å². The molecule has 2 aliphatic carbocycles. The van der Waals surface area contributed by atoms with Gasteiger partial charge in [-0.15, -0.1) is 0 Å². The zero-order valence-electron chi connectivity index (χ0n) is 10.8. The third kappa shape index (κ3) is 1.50. The predicted octanol–water partition coefficient (Wildman–Crippen LogP) is 2.84. The monoisotopic (exact) mass is 231 g/mol. The topological polar surface area (TPSA) is 46.2 Å². The molecule has 17 heavy (non-hydrogen) atoms. The molecular weight excluding hydrogens is 210 g/mol. The first kappa shape index (κ1) is 11.1. The van der Waals surface area contributed by atoms with Gasteiger partial charge in [-0.2, -0.15) is 0 Å². The molecule has 3 N–H and O–H groups in total. The lowest BCUT2D eigenvalue weighted by Crippen LogP contribution is -2.23. The Morgan fingerprint density at radius 3 is 2.06 bits per heavy atom. The Morgan fingerprint density at radius 2 is 1.53 bits per heavy atom. The van der Waals surface area contributed by atoms with Crippen LogP contribution in [0.4, 0.5) is 0 Å². The van der Waals surface area contributed by atoms with Crippen LogP contribution in [0.25, 0.3) is 0 Å². The van der Waals surface area contributed by atoms with Crippen molar-refractivity contribution in [3.05, 3.63) is 27.8 Å². The second kappa shape index (κ2) is 3.49. The molecule has 3 rings (SSSR count). The Kier molecular flexibility index (Phi) is 2.27. The number of hydrogen-bond donors (Lipinski definition) is 2. The van der Waals surface area contributed by atoms with Crippen LogP contribution in [0.3, 0.4) is 0 Å². The summed E-state index contributed by atoms with van der Waals surface area (Å²) in [5.74, 6) is 0.475. The second-order valence-electron chi connectivity index (χ2n) is 5.79. The standard InChI is InChI=1S/C15H21NO/c1-9-11-5-3-4-6-12(11)10(2)14(17)13(9)15(16)7-8-15/h17H,3-8,16H2,1-2H3. The highest BCUT2D eigenvalue weighted by Crippen LogP contribution is 2.50. The summed E-state index contributed by atoms with van der Waals surface area (Å²) in [6, 6.07) is 0. The molecule has 1 fully saturated rings. The van der Waals surface area contributed by atoms with E-state index in [0.29, 0.717) is 5.75 Å². The summed E-state index contributed by atoms with van der Waals surface area (Å²) >= 11 is 0. The van der Waals surface area contributed by atoms with Gasteiger partial charge in [0, 0.05) is 11.1 Å². The average Bonchev–Trinajstić information content (AvgIpc) is 3.05. The normalized spacial score (nSPS) is 21.1. The Hall–Kier alpha value is -1.02. The van der Waals surface area contributed by atoms with Crippen LogP contribution in [-0.2, 0) is 18.4 Å². The van der Waals surface area contributed by atoms with E-state index in [4.69, 9.17) is 5.73 Å². The smallest absolute Gasteiger partial charge is 0.124 e. The van der Waals surface area contributed by atoms with Crippen molar-refractivity contribution in [3.63, 3.8) is 0 Å². The highest BCUT2D eigenvalue weighted by atomic mass is 16.3. The van der Waals surface area contributed by atoms with E-state index in [2.05, 4.69) is 6.92 Å². The first-order valence-electron chi connectivity index (χ1n) is 6.68. The molecule has 1 aromatic rings. The van der Waals surface area contributed by atoms with Gasteiger partial charge in [0.05, 0.1) is 0 Å². The van der Waals surface area contributed by atoms with E-state index in [1.54, 1.807) is 0 Å². The van der Waals surface area contributed by atoms with Crippen molar-refractivity contribution in [2.24, 2.45) is 5.73 Å². The molecule has 0 atom stereocenters. The summed E-state index contributed by atoms with van der Waals surface area (Å²) < 4.78 is 0. The van der Waals surface area contributed by atoms with Crippen LogP contribution < -0.4 is 5.73 Å². The summed E-state index contributed by atoms with van der Waals surface area (Å²) in [6.45, 7) is 4.19. The van der Waals surface area contributed by atoms with Gasteiger partial charge in [0.1, 0.15) is 5.75 Å². The van der Waals surface area contributed by atoms with Gasteiger partial charge in [-0.1, -0.05) is 0 Å². The van der Waals surface area contributed by atoms with E-state index in [0.717, 1.165) is 36.8 Å². The van der Waals surface area contributed by atoms with Gasteiger partial charge in [-0.05, 0) is 74.6 Å². The van der Waals surface area contributed by atoms with E-state index in [-0.39, 0.29) is 5.54 Å². The average molecular weight is 231 g/mol. The van der Waals surface area contributed by atoms with Crippen LogP contribution in [0, 0.1) is 13.8 Å². The molecule has 1 saturated carbocycles. The number of nitrogens with two attached hydrogens (primary N) is 1. The third-order valence-electron chi connectivity index (χ3n) is 4.63. The molecule has 0 aromatic heterocycles. The number of benzene rings is 1. The predicted molar refractivity (Wildman–Crippen MR) is 69.3 cm³/mol. The van der Waals surface area contributed by atoms with Gasteiger partial charge in [0.25, 0.3) is 0 Å². The Bertz CT molecular complexity index is 486. The van der Waals surface area contributed by atoms with Crippen LogP contribution in [0.15, 0.2) is 0 Å². The van der Waals surface area contributed by atoms with Crippen molar-refractivity contribution in [2.45, 2.75) is 57.9 Å². The molecule has 2 aliphatic rings. The van der Waals surface area contributed by atoms with Gasteiger partial charge in [-0.3, -0.25) is 0 Å². The first-order chi connectivity index (χ1) is 8.04. The molecule has 2 nitrogen and oxygen atoms in total. The maximum atomic E-state index is 10.4. The minimum atomic E-state index is -0.231. The molecular formula is C15H21NO. The highest BCUT2D eigenvalue weighted by Gasteiger charge is 2.44. The third-order valence-corrected chi connectivity index (χ3v) is 4.63. The Balaban J connectivity index is 2.26. The summed E-state index contributed by atoms with van der Waals surface area (Å²) in [4.78, 5) is 0. The molecule has 0 unspecified atom stereocenters. The Morgan fingerprint density at radius 1 is 1.00 bits per heavy atom. The molecule has 0 spiro atoms. The lowest BCUT2D eigenvalue weighted by Gasteiger charge is -2.26. The summed E-state index contributed by atoms with van der Waals surface area (Å²) in [5, 5.41) is 10.4. The van der Waals surface area contributed by atoms with E-state index in [1.165, 1.54) is 29.5 Å². The number of phenolic OH excluding ortho intramolecular Hbond substituents is 1. The zero-order valence-corrected chi connectivity index (χ0v) is 10.8. The fourth-order valence-corrected chi connectivity index (χ4v) is 3.39. The van der Waals surface area contributed by atoms with Crippen molar-refractivity contribution in [2.75, 3.05) is 0 Å². The van der Waals surface area contributed by atoms with E-state index in [9.17, 15) is 5.11 Å². The lowest BCUT2D eigenvalue weighted by atomic mass is 9.81. The maximum Gasteiger partial charge on any atom is 0.124 e. The van der Waals surface area contributed by atoms with Gasteiger partial charge >= 0.3 is 0 Å². The molecule has 0 amide bonds. The molecule has 0 bridgehead atoms. The minimum Gasteiger partial charge on any atom is -0.507 e. The summed E-state index contributed by atoms with van der Waals surface area (Å²) in [5.41, 5.74) is 12.3. The number of aromatic hydroxyl groups is 1. The second-order valence-corrected chi connectivity index (χ2v) is 5.79. The maximum absolute atomic E-state index is 10.4. The van der Waals surface area contributed by atoms with Crippen LogP contribution in [0.5, 0.6) is 5.75 Å². The highest BCUT2D eigenvalue weighted by molar-refractivity contribution is 5.58. The van der Waals surface area contributed by atoms with Crippen molar-refractivity contribution in [1.82, 2.24) is 0 Å². The molecule has 0 heterocycles. The molecule has 0 aliphatic heterocycles. The molecule has 2 heteroatoms.